The minimum atomic E-state index is -4.82. The number of fused-ring (bicyclic) bond motifs is 1. The van der Waals surface area contributed by atoms with Crippen LogP contribution in [0.4, 0.5) is 19.0 Å². The second kappa shape index (κ2) is 14.2. The number of halogens is 3. The molecule has 1 fully saturated rings. The number of amides is 3. The Kier molecular flexibility index (Phi) is 9.86. The first kappa shape index (κ1) is 35.5. The molecule has 2 aliphatic rings. The monoisotopic (exact) mass is 704 g/mol. The van der Waals surface area contributed by atoms with E-state index in [0.717, 1.165) is 11.6 Å². The van der Waals surface area contributed by atoms with Gasteiger partial charge in [0, 0.05) is 49.4 Å². The molecule has 0 radical (unpaired) electrons. The van der Waals surface area contributed by atoms with E-state index in [9.17, 15) is 27.6 Å². The molecule has 2 aromatic carbocycles. The highest BCUT2D eigenvalue weighted by molar-refractivity contribution is 6.04. The van der Waals surface area contributed by atoms with Gasteiger partial charge >= 0.3 is 6.30 Å². The Balaban J connectivity index is 1.34. The number of rotatable bonds is 11. The van der Waals surface area contributed by atoms with E-state index in [1.165, 1.54) is 4.90 Å². The number of likely N-dealkylation sites (N-methyl/N-ethyl adjacent to an activating group) is 3. The molecule has 12 nitrogen and oxygen atoms in total. The van der Waals surface area contributed by atoms with Crippen LogP contribution in [-0.2, 0) is 27.2 Å². The fourth-order valence-electron chi connectivity index (χ4n) is 6.50. The van der Waals surface area contributed by atoms with Crippen LogP contribution < -0.4 is 10.2 Å². The topological polar surface area (TPSA) is 118 Å². The van der Waals surface area contributed by atoms with Crippen molar-refractivity contribution < 1.29 is 32.3 Å². The molecule has 15 heteroatoms. The van der Waals surface area contributed by atoms with Crippen molar-refractivity contribution >= 4 is 23.5 Å². The third-order valence-corrected chi connectivity index (χ3v) is 9.58. The molecule has 1 saturated heterocycles. The lowest BCUT2D eigenvalue weighted by Crippen LogP contribution is -2.55. The lowest BCUT2D eigenvalue weighted by molar-refractivity contribution is -0.212. The van der Waals surface area contributed by atoms with Crippen molar-refractivity contribution in [1.82, 2.24) is 34.7 Å². The van der Waals surface area contributed by atoms with E-state index in [0.29, 0.717) is 47.6 Å². The van der Waals surface area contributed by atoms with Gasteiger partial charge in [-0.1, -0.05) is 49.0 Å². The Bertz CT molecular complexity index is 1940. The Morgan fingerprint density at radius 3 is 2.45 bits per heavy atom. The van der Waals surface area contributed by atoms with Gasteiger partial charge in [-0.3, -0.25) is 24.2 Å². The van der Waals surface area contributed by atoms with Crippen LogP contribution in [0.3, 0.4) is 0 Å². The highest BCUT2D eigenvalue weighted by Gasteiger charge is 2.45. The first-order valence-electron chi connectivity index (χ1n) is 16.5. The number of nitrogens with zero attached hydrogens (tertiary/aromatic N) is 7. The molecule has 0 aliphatic carbocycles. The van der Waals surface area contributed by atoms with Crippen LogP contribution in [-0.4, -0.2) is 99.1 Å². The summed E-state index contributed by atoms with van der Waals surface area (Å²) in [6.45, 7) is 9.47. The van der Waals surface area contributed by atoms with E-state index < -0.39 is 35.8 Å². The van der Waals surface area contributed by atoms with Gasteiger partial charge in [0.2, 0.25) is 0 Å². The minimum absolute atomic E-state index is 0.207. The van der Waals surface area contributed by atoms with Gasteiger partial charge in [-0.25, -0.2) is 4.68 Å². The molecule has 0 spiro atoms. The summed E-state index contributed by atoms with van der Waals surface area (Å²) >= 11 is 0. The Labute approximate surface area is 293 Å². The van der Waals surface area contributed by atoms with Gasteiger partial charge in [0.15, 0.2) is 0 Å². The number of carbonyl (C=O) groups excluding carboxylic acids is 3. The lowest BCUT2D eigenvalue weighted by Gasteiger charge is -2.39. The minimum Gasteiger partial charge on any atom is -0.378 e. The van der Waals surface area contributed by atoms with Crippen LogP contribution in [0.5, 0.6) is 0 Å². The van der Waals surface area contributed by atoms with Gasteiger partial charge in [-0.05, 0) is 50.2 Å². The van der Waals surface area contributed by atoms with Gasteiger partial charge in [0.25, 0.3) is 17.7 Å². The van der Waals surface area contributed by atoms with E-state index in [-0.39, 0.29) is 35.8 Å². The molecule has 3 amide bonds. The summed E-state index contributed by atoms with van der Waals surface area (Å²) in [5.74, 6) is -1.92. The van der Waals surface area contributed by atoms with Gasteiger partial charge in [-0.15, -0.1) is 13.2 Å². The third kappa shape index (κ3) is 6.90. The second-order valence-electron chi connectivity index (χ2n) is 12.8. The van der Waals surface area contributed by atoms with Crippen LogP contribution in [0.1, 0.15) is 46.9 Å². The van der Waals surface area contributed by atoms with E-state index in [1.807, 2.05) is 62.5 Å². The number of benzene rings is 2. The summed E-state index contributed by atoms with van der Waals surface area (Å²) in [7, 11) is 3.63. The number of para-hydroxylation sites is 1. The van der Waals surface area contributed by atoms with Crippen molar-refractivity contribution in [2.24, 2.45) is 0 Å². The Morgan fingerprint density at radius 2 is 1.82 bits per heavy atom. The van der Waals surface area contributed by atoms with E-state index in [2.05, 4.69) is 27.0 Å². The standard InChI is InChI=1S/C36H39F3N8O4/c1-6-45-33-28(18-40-47(33)26-13-8-7-9-14-26)30(31(35(45)50)41-32(48)29-15-16-46(42-29)36(37,38)39)25-12-10-11-24(17-25)19-43(4)34(49)22(2)23(3)44(5)27-20-51-21-27/h7-18,23,27,30-31H,2,6,19-21H2,1,3-5H3,(H,41,48)/t23?,30-,31+/m1/s1. The van der Waals surface area contributed by atoms with Gasteiger partial charge in [-0.2, -0.15) is 14.9 Å². The Hall–Kier alpha value is -5.28. The van der Waals surface area contributed by atoms with Crippen LogP contribution in [0.25, 0.3) is 5.69 Å². The van der Waals surface area contributed by atoms with Crippen LogP contribution >= 0.6 is 0 Å². The molecule has 3 atom stereocenters. The largest absolute Gasteiger partial charge is 0.504 e. The number of ether oxygens (including phenoxy) is 1. The molecule has 2 aromatic heterocycles. The quantitative estimate of drug-likeness (QED) is 0.234. The zero-order valence-corrected chi connectivity index (χ0v) is 28.7. The van der Waals surface area contributed by atoms with Crippen molar-refractivity contribution in [3.8, 4) is 5.69 Å². The molecule has 2 aliphatic heterocycles. The summed E-state index contributed by atoms with van der Waals surface area (Å²) in [6.07, 6.45) is -2.54. The molecule has 4 aromatic rings. The summed E-state index contributed by atoms with van der Waals surface area (Å²) in [4.78, 5) is 46.4. The predicted octanol–water partition coefficient (Wildman–Crippen LogP) is 4.08. The zero-order valence-electron chi connectivity index (χ0n) is 28.7. The van der Waals surface area contributed by atoms with Crippen molar-refractivity contribution in [3.05, 3.63) is 108 Å². The van der Waals surface area contributed by atoms with Gasteiger partial charge in [0.1, 0.15) is 17.6 Å². The molecule has 0 bridgehead atoms. The van der Waals surface area contributed by atoms with Crippen LogP contribution in [0, 0.1) is 0 Å². The summed E-state index contributed by atoms with van der Waals surface area (Å²) in [5, 5.41) is 10.7. The third-order valence-electron chi connectivity index (χ3n) is 9.58. The number of hydrogen-bond acceptors (Lipinski definition) is 7. The maximum atomic E-state index is 14.3. The predicted molar refractivity (Wildman–Crippen MR) is 182 cm³/mol. The number of carbonyl (C=O) groups is 3. The molecule has 4 heterocycles. The van der Waals surface area contributed by atoms with Gasteiger partial charge < -0.3 is 15.0 Å². The average molecular weight is 705 g/mol. The van der Waals surface area contributed by atoms with Gasteiger partial charge in [0.05, 0.1) is 31.1 Å². The number of nitrogens with one attached hydrogen (secondary N) is 1. The van der Waals surface area contributed by atoms with E-state index in [1.54, 1.807) is 35.8 Å². The van der Waals surface area contributed by atoms with E-state index >= 15 is 0 Å². The second-order valence-corrected chi connectivity index (χ2v) is 12.8. The van der Waals surface area contributed by atoms with Crippen molar-refractivity contribution in [1.29, 1.82) is 0 Å². The van der Waals surface area contributed by atoms with Crippen LogP contribution in [0.15, 0.2) is 85.2 Å². The van der Waals surface area contributed by atoms with Crippen molar-refractivity contribution in [3.63, 3.8) is 0 Å². The van der Waals surface area contributed by atoms with Crippen LogP contribution in [0.2, 0.25) is 0 Å². The molecule has 0 saturated carbocycles. The number of hydrogen-bond donors (Lipinski definition) is 1. The molecule has 6 rings (SSSR count). The highest BCUT2D eigenvalue weighted by Crippen LogP contribution is 2.41. The fourth-order valence-corrected chi connectivity index (χ4v) is 6.50. The first-order valence-corrected chi connectivity index (χ1v) is 16.5. The number of aromatic nitrogens is 4. The maximum Gasteiger partial charge on any atom is 0.504 e. The molecule has 51 heavy (non-hydrogen) atoms. The fraction of sp³-hybridized carbons (Fsp3) is 0.361. The number of alkyl halides is 3. The Morgan fingerprint density at radius 1 is 1.10 bits per heavy atom. The SMILES string of the molecule is C=C(C(=O)N(C)Cc1cccc([C@@H]2c3cnn(-c4ccccc4)c3N(CC)C(=O)[C@H]2NC(=O)c2ccn(C(F)(F)F)n2)c1)C(C)N(C)C1COC1. The molecule has 268 valence electrons. The maximum absolute atomic E-state index is 14.3. The lowest BCUT2D eigenvalue weighted by atomic mass is 9.82. The summed E-state index contributed by atoms with van der Waals surface area (Å²) in [6, 6.07) is 16.3. The normalized spacial score (nSPS) is 18.3. The van der Waals surface area contributed by atoms with Crippen molar-refractivity contribution in [2.75, 3.05) is 38.8 Å². The summed E-state index contributed by atoms with van der Waals surface area (Å²) < 4.78 is 46.5. The molecule has 1 N–H and O–H groups in total. The molecular weight excluding hydrogens is 665 g/mol. The molecular formula is C36H39F3N8O4. The smallest absolute Gasteiger partial charge is 0.378 e. The average Bonchev–Trinajstić information content (AvgIpc) is 3.76. The first-order chi connectivity index (χ1) is 24.3. The van der Waals surface area contributed by atoms with E-state index in [4.69, 9.17) is 4.74 Å². The van der Waals surface area contributed by atoms with Crippen molar-refractivity contribution in [2.45, 2.75) is 50.7 Å². The molecule has 1 unspecified atom stereocenters. The summed E-state index contributed by atoms with van der Waals surface area (Å²) in [5.41, 5.74) is 2.66. The highest BCUT2D eigenvalue weighted by atomic mass is 19.4. The number of anilines is 1. The zero-order chi connectivity index (χ0) is 36.6.